The van der Waals surface area contributed by atoms with Crippen molar-refractivity contribution >= 4 is 17.0 Å². The lowest BCUT2D eigenvalue weighted by Crippen LogP contribution is -2.35. The van der Waals surface area contributed by atoms with Crippen molar-refractivity contribution in [2.45, 2.75) is 31.7 Å². The van der Waals surface area contributed by atoms with Crippen LogP contribution in [0.2, 0.25) is 0 Å². The van der Waals surface area contributed by atoms with E-state index in [1.165, 1.54) is 10.9 Å². The number of amides is 1. The molecule has 1 amide bonds. The summed E-state index contributed by atoms with van der Waals surface area (Å²) in [6, 6.07) is 12.2. The van der Waals surface area contributed by atoms with E-state index in [1.54, 1.807) is 12.4 Å². The number of aromatic amines is 1. The average molecular weight is 323 g/mol. The van der Waals surface area contributed by atoms with Crippen LogP contribution in [0, 0.1) is 0 Å². The number of carbonyl (C=O) groups is 1. The first-order valence-electron chi connectivity index (χ1n) is 8.15. The van der Waals surface area contributed by atoms with Crippen molar-refractivity contribution in [3.63, 3.8) is 0 Å². The van der Waals surface area contributed by atoms with Crippen LogP contribution in [0.3, 0.4) is 0 Å². The number of rotatable bonds is 7. The number of hydrogen-bond donors (Lipinski definition) is 3. The van der Waals surface area contributed by atoms with Crippen LogP contribution in [0.1, 0.15) is 24.0 Å². The maximum absolute atomic E-state index is 11.0. The fraction of sp³-hybridized carbons (Fsp3) is 0.263. The molecule has 1 atom stereocenters. The number of carboxylic acid groups (broad SMARTS) is 1. The van der Waals surface area contributed by atoms with E-state index in [9.17, 15) is 4.79 Å². The van der Waals surface area contributed by atoms with Gasteiger partial charge in [0.25, 0.3) is 0 Å². The average Bonchev–Trinajstić information content (AvgIpc) is 3.03. The van der Waals surface area contributed by atoms with Crippen LogP contribution >= 0.6 is 0 Å². The van der Waals surface area contributed by atoms with Gasteiger partial charge in [-0.1, -0.05) is 6.07 Å². The summed E-state index contributed by atoms with van der Waals surface area (Å²) in [4.78, 5) is 18.2. The molecule has 1 unspecified atom stereocenters. The highest BCUT2D eigenvalue weighted by Crippen LogP contribution is 2.17. The molecule has 24 heavy (non-hydrogen) atoms. The zero-order chi connectivity index (χ0) is 16.8. The molecule has 0 saturated carbocycles. The van der Waals surface area contributed by atoms with Gasteiger partial charge in [-0.25, -0.2) is 4.79 Å². The van der Waals surface area contributed by atoms with Crippen LogP contribution in [0.15, 0.2) is 55.0 Å². The van der Waals surface area contributed by atoms with Crippen LogP contribution in [0.4, 0.5) is 4.79 Å². The molecule has 2 aromatic heterocycles. The monoisotopic (exact) mass is 323 g/mol. The molecule has 1 aromatic carbocycles. The van der Waals surface area contributed by atoms with E-state index in [-0.39, 0.29) is 6.04 Å². The number of nitrogens with zero attached hydrogens (tertiary/aromatic N) is 1. The number of aryl methyl sites for hydroxylation is 1. The van der Waals surface area contributed by atoms with Gasteiger partial charge in [-0.05, 0) is 72.5 Å². The third kappa shape index (κ3) is 4.35. The Labute approximate surface area is 140 Å². The summed E-state index contributed by atoms with van der Waals surface area (Å²) in [6.07, 6.45) is 7.81. The second-order valence-corrected chi connectivity index (χ2v) is 6.00. The summed E-state index contributed by atoms with van der Waals surface area (Å²) in [5.41, 5.74) is 3.51. The summed E-state index contributed by atoms with van der Waals surface area (Å²) in [7, 11) is 0. The summed E-state index contributed by atoms with van der Waals surface area (Å²) >= 11 is 0. The third-order valence-corrected chi connectivity index (χ3v) is 4.19. The molecular formula is C19H21N3O2. The number of pyridine rings is 1. The first kappa shape index (κ1) is 16.1. The van der Waals surface area contributed by atoms with Crippen LogP contribution in [-0.2, 0) is 12.8 Å². The molecule has 3 N–H and O–H groups in total. The number of benzene rings is 1. The minimum atomic E-state index is -0.970. The van der Waals surface area contributed by atoms with Crippen LogP contribution in [-0.4, -0.2) is 27.2 Å². The van der Waals surface area contributed by atoms with Crippen LogP contribution in [0.5, 0.6) is 0 Å². The fourth-order valence-electron chi connectivity index (χ4n) is 3.01. The van der Waals surface area contributed by atoms with E-state index < -0.39 is 6.09 Å². The predicted octanol–water partition coefficient (Wildman–Crippen LogP) is 3.76. The molecular weight excluding hydrogens is 302 g/mol. The molecule has 0 aliphatic carbocycles. The lowest BCUT2D eigenvalue weighted by Gasteiger charge is -2.17. The van der Waals surface area contributed by atoms with Crippen LogP contribution < -0.4 is 5.32 Å². The van der Waals surface area contributed by atoms with Crippen molar-refractivity contribution < 1.29 is 9.90 Å². The maximum Gasteiger partial charge on any atom is 0.404 e. The molecule has 2 heterocycles. The molecule has 0 saturated heterocycles. The van der Waals surface area contributed by atoms with E-state index >= 15 is 0 Å². The Morgan fingerprint density at radius 3 is 2.79 bits per heavy atom. The zero-order valence-corrected chi connectivity index (χ0v) is 13.4. The minimum Gasteiger partial charge on any atom is -0.465 e. The quantitative estimate of drug-likeness (QED) is 0.619. The SMILES string of the molecule is O=C(O)NC(CCCc1ccc2[nH]ccc2c1)Cc1ccncc1. The van der Waals surface area contributed by atoms with Crippen molar-refractivity contribution in [2.24, 2.45) is 0 Å². The third-order valence-electron chi connectivity index (χ3n) is 4.19. The Kier molecular flexibility index (Phi) is 5.11. The highest BCUT2D eigenvalue weighted by atomic mass is 16.4. The topological polar surface area (TPSA) is 78.0 Å². The minimum absolute atomic E-state index is 0.0825. The van der Waals surface area contributed by atoms with Gasteiger partial charge >= 0.3 is 6.09 Å². The zero-order valence-electron chi connectivity index (χ0n) is 13.4. The molecule has 3 rings (SSSR count). The first-order chi connectivity index (χ1) is 11.7. The molecule has 5 heteroatoms. The summed E-state index contributed by atoms with van der Waals surface area (Å²) < 4.78 is 0. The number of hydrogen-bond acceptors (Lipinski definition) is 2. The largest absolute Gasteiger partial charge is 0.465 e. The molecule has 124 valence electrons. The number of fused-ring (bicyclic) bond motifs is 1. The van der Waals surface area contributed by atoms with Gasteiger partial charge in [0.1, 0.15) is 0 Å². The van der Waals surface area contributed by atoms with Gasteiger partial charge in [-0.2, -0.15) is 0 Å². The molecule has 0 bridgehead atoms. The second-order valence-electron chi connectivity index (χ2n) is 6.00. The van der Waals surface area contributed by atoms with Gasteiger partial charge in [-0.15, -0.1) is 0 Å². The van der Waals surface area contributed by atoms with Gasteiger partial charge in [-0.3, -0.25) is 4.98 Å². The van der Waals surface area contributed by atoms with Gasteiger partial charge in [0.2, 0.25) is 0 Å². The molecule has 0 fully saturated rings. The molecule has 3 aromatic rings. The number of aromatic nitrogens is 2. The van der Waals surface area contributed by atoms with E-state index in [0.717, 1.165) is 30.3 Å². The Bertz CT molecular complexity index is 798. The van der Waals surface area contributed by atoms with Crippen molar-refractivity contribution in [3.8, 4) is 0 Å². The van der Waals surface area contributed by atoms with E-state index in [1.807, 2.05) is 18.3 Å². The van der Waals surface area contributed by atoms with E-state index in [0.29, 0.717) is 6.42 Å². The van der Waals surface area contributed by atoms with E-state index in [4.69, 9.17) is 5.11 Å². The highest BCUT2D eigenvalue weighted by Gasteiger charge is 2.12. The van der Waals surface area contributed by atoms with Gasteiger partial charge in [0.15, 0.2) is 0 Å². The van der Waals surface area contributed by atoms with Gasteiger partial charge in [0, 0.05) is 30.1 Å². The molecule has 0 spiro atoms. The number of nitrogens with one attached hydrogen (secondary N) is 2. The van der Waals surface area contributed by atoms with Crippen molar-refractivity contribution in [1.82, 2.24) is 15.3 Å². The summed E-state index contributed by atoms with van der Waals surface area (Å²) in [6.45, 7) is 0. The Balaban J connectivity index is 1.57. The van der Waals surface area contributed by atoms with Gasteiger partial charge in [0.05, 0.1) is 0 Å². The van der Waals surface area contributed by atoms with Crippen LogP contribution in [0.25, 0.3) is 10.9 Å². The first-order valence-corrected chi connectivity index (χ1v) is 8.15. The smallest absolute Gasteiger partial charge is 0.404 e. The summed E-state index contributed by atoms with van der Waals surface area (Å²) in [5, 5.41) is 12.9. The van der Waals surface area contributed by atoms with E-state index in [2.05, 4.69) is 39.6 Å². The Morgan fingerprint density at radius 2 is 2.00 bits per heavy atom. The van der Waals surface area contributed by atoms with Gasteiger partial charge < -0.3 is 15.4 Å². The van der Waals surface area contributed by atoms with Crippen molar-refractivity contribution in [2.75, 3.05) is 0 Å². The van der Waals surface area contributed by atoms with Crippen molar-refractivity contribution in [1.29, 1.82) is 0 Å². The standard InChI is InChI=1S/C19H21N3O2/c23-19(24)22-17(13-15-6-9-20-10-7-15)3-1-2-14-4-5-18-16(12-14)8-11-21-18/h4-12,17,21-22H,1-3,13H2,(H,23,24). The Hall–Kier alpha value is -2.82. The Morgan fingerprint density at radius 1 is 1.17 bits per heavy atom. The second kappa shape index (κ2) is 7.64. The molecule has 5 nitrogen and oxygen atoms in total. The summed E-state index contributed by atoms with van der Waals surface area (Å²) in [5.74, 6) is 0. The predicted molar refractivity (Wildman–Crippen MR) is 94.1 cm³/mol. The van der Waals surface area contributed by atoms with Crippen molar-refractivity contribution in [3.05, 3.63) is 66.1 Å². The lowest BCUT2D eigenvalue weighted by molar-refractivity contribution is 0.189. The fourth-order valence-corrected chi connectivity index (χ4v) is 3.01. The highest BCUT2D eigenvalue weighted by molar-refractivity contribution is 5.79. The molecule has 0 radical (unpaired) electrons. The normalized spacial score (nSPS) is 12.2. The lowest BCUT2D eigenvalue weighted by atomic mass is 9.99. The number of H-pyrrole nitrogens is 1. The maximum atomic E-state index is 11.0. The molecule has 0 aliphatic heterocycles. The molecule has 0 aliphatic rings.